The molecule has 0 aliphatic heterocycles. The quantitative estimate of drug-likeness (QED) is 0.596. The zero-order chi connectivity index (χ0) is 21.8. The van der Waals surface area contributed by atoms with E-state index in [-0.39, 0.29) is 23.5 Å². The van der Waals surface area contributed by atoms with Gasteiger partial charge in [0.15, 0.2) is 0 Å². The van der Waals surface area contributed by atoms with E-state index in [4.69, 9.17) is 0 Å². The largest absolute Gasteiger partial charge is 0.415 e. The molecule has 1 fully saturated rings. The van der Waals surface area contributed by atoms with Gasteiger partial charge < -0.3 is 15.4 Å². The molecule has 0 bridgehead atoms. The highest BCUT2D eigenvalue weighted by molar-refractivity contribution is 5.42. The lowest BCUT2D eigenvalue weighted by atomic mass is 10.2. The predicted molar refractivity (Wildman–Crippen MR) is 112 cm³/mol. The third kappa shape index (κ3) is 5.14. The third-order valence-corrected chi connectivity index (χ3v) is 5.09. The van der Waals surface area contributed by atoms with E-state index in [1.54, 1.807) is 31.5 Å². The summed E-state index contributed by atoms with van der Waals surface area (Å²) in [7, 11) is 0. The molecule has 162 valence electrons. The standard InChI is InChI=1S/C21H22F2N6O2/c1-13-20(31-21(22)23)25-12-18(26-13)28-15-6-5-14(10-15)27-17-8-7-16(11-24-17)29-9-3-2-4-19(29)30/h2-4,7-9,11-12,14-15,21H,5-6,10H2,1H3,(H,24,27)(H,26,28)/t14-,15-/m0/s1. The Bertz CT molecular complexity index is 1090. The van der Waals surface area contributed by atoms with E-state index in [2.05, 4.69) is 30.3 Å². The molecule has 3 heterocycles. The van der Waals surface area contributed by atoms with Crippen LogP contribution in [0.1, 0.15) is 25.0 Å². The summed E-state index contributed by atoms with van der Waals surface area (Å²) in [4.78, 5) is 24.5. The molecule has 2 atom stereocenters. The number of rotatable bonds is 7. The maximum absolute atomic E-state index is 12.3. The SMILES string of the molecule is Cc1nc(N[C@H]2CC[C@H](Nc3ccc(-n4ccccc4=O)cn3)C2)cnc1OC(F)F. The minimum absolute atomic E-state index is 0.109. The Kier molecular flexibility index (Phi) is 6.06. The van der Waals surface area contributed by atoms with Crippen molar-refractivity contribution in [1.29, 1.82) is 0 Å². The Labute approximate surface area is 177 Å². The predicted octanol–water partition coefficient (Wildman–Crippen LogP) is 3.38. The van der Waals surface area contributed by atoms with E-state index in [1.165, 1.54) is 16.8 Å². The zero-order valence-electron chi connectivity index (χ0n) is 16.8. The average Bonchev–Trinajstić information content (AvgIpc) is 3.17. The number of aromatic nitrogens is 4. The number of alkyl halides is 2. The highest BCUT2D eigenvalue weighted by Crippen LogP contribution is 2.26. The van der Waals surface area contributed by atoms with Crippen LogP contribution < -0.4 is 20.9 Å². The fraction of sp³-hybridized carbons (Fsp3) is 0.333. The second-order valence-electron chi connectivity index (χ2n) is 7.33. The van der Waals surface area contributed by atoms with Gasteiger partial charge in [0.05, 0.1) is 18.1 Å². The summed E-state index contributed by atoms with van der Waals surface area (Å²) in [6.07, 6.45) is 7.48. The Morgan fingerprint density at radius 3 is 2.48 bits per heavy atom. The first-order valence-corrected chi connectivity index (χ1v) is 9.93. The van der Waals surface area contributed by atoms with Gasteiger partial charge in [0.25, 0.3) is 5.56 Å². The molecule has 8 nitrogen and oxygen atoms in total. The molecule has 1 saturated carbocycles. The number of hydrogen-bond acceptors (Lipinski definition) is 7. The molecular formula is C21H22F2N6O2. The lowest BCUT2D eigenvalue weighted by molar-refractivity contribution is -0.0536. The van der Waals surface area contributed by atoms with Crippen LogP contribution in [0.5, 0.6) is 5.88 Å². The maximum Gasteiger partial charge on any atom is 0.388 e. The lowest BCUT2D eigenvalue weighted by Crippen LogP contribution is -2.22. The Balaban J connectivity index is 1.33. The van der Waals surface area contributed by atoms with Crippen molar-refractivity contribution in [3.8, 4) is 11.6 Å². The van der Waals surface area contributed by atoms with E-state index in [9.17, 15) is 13.6 Å². The number of hydrogen-bond donors (Lipinski definition) is 2. The van der Waals surface area contributed by atoms with Gasteiger partial charge >= 0.3 is 6.61 Å². The van der Waals surface area contributed by atoms with Crippen LogP contribution in [-0.4, -0.2) is 38.2 Å². The van der Waals surface area contributed by atoms with Crippen LogP contribution in [0.25, 0.3) is 5.69 Å². The molecule has 1 aliphatic rings. The van der Waals surface area contributed by atoms with Crippen molar-refractivity contribution in [2.75, 3.05) is 10.6 Å². The second kappa shape index (κ2) is 9.07. The first kappa shape index (κ1) is 20.7. The summed E-state index contributed by atoms with van der Waals surface area (Å²) < 4.78 is 30.5. The molecule has 0 aromatic carbocycles. The van der Waals surface area contributed by atoms with Gasteiger partial charge in [-0.3, -0.25) is 9.36 Å². The van der Waals surface area contributed by atoms with Gasteiger partial charge in [-0.1, -0.05) is 6.07 Å². The normalized spacial score (nSPS) is 18.2. The summed E-state index contributed by atoms with van der Waals surface area (Å²) in [5.41, 5.74) is 0.900. The number of halogens is 2. The zero-order valence-corrected chi connectivity index (χ0v) is 16.8. The van der Waals surface area contributed by atoms with Gasteiger partial charge in [-0.2, -0.15) is 8.78 Å². The van der Waals surface area contributed by atoms with Crippen LogP contribution >= 0.6 is 0 Å². The lowest BCUT2D eigenvalue weighted by Gasteiger charge is -2.16. The minimum atomic E-state index is -2.93. The van der Waals surface area contributed by atoms with Gasteiger partial charge in [0.2, 0.25) is 5.88 Å². The molecule has 10 heteroatoms. The van der Waals surface area contributed by atoms with Crippen LogP contribution in [-0.2, 0) is 0 Å². The number of ether oxygens (including phenoxy) is 1. The van der Waals surface area contributed by atoms with E-state index in [0.717, 1.165) is 25.1 Å². The molecule has 0 amide bonds. The topological polar surface area (TPSA) is 94.0 Å². The second-order valence-corrected chi connectivity index (χ2v) is 7.33. The molecule has 3 aromatic heterocycles. The molecule has 1 aliphatic carbocycles. The fourth-order valence-electron chi connectivity index (χ4n) is 3.66. The number of pyridine rings is 2. The number of anilines is 2. The Morgan fingerprint density at radius 1 is 1.06 bits per heavy atom. The molecule has 0 unspecified atom stereocenters. The van der Waals surface area contributed by atoms with Gasteiger partial charge in [-0.15, -0.1) is 0 Å². The summed E-state index contributed by atoms with van der Waals surface area (Å²) in [5, 5.41) is 6.71. The van der Waals surface area contributed by atoms with Crippen molar-refractivity contribution >= 4 is 11.6 Å². The average molecular weight is 428 g/mol. The van der Waals surface area contributed by atoms with Crippen molar-refractivity contribution in [2.24, 2.45) is 0 Å². The summed E-state index contributed by atoms with van der Waals surface area (Å²) in [6.45, 7) is -1.35. The van der Waals surface area contributed by atoms with Gasteiger partial charge in [0, 0.05) is 24.3 Å². The van der Waals surface area contributed by atoms with Gasteiger partial charge in [0.1, 0.15) is 17.3 Å². The monoisotopic (exact) mass is 428 g/mol. The highest BCUT2D eigenvalue weighted by Gasteiger charge is 2.25. The molecule has 0 spiro atoms. The summed E-state index contributed by atoms with van der Waals surface area (Å²) in [5.74, 6) is 1.10. The molecule has 31 heavy (non-hydrogen) atoms. The minimum Gasteiger partial charge on any atom is -0.415 e. The number of nitrogens with zero attached hydrogens (tertiary/aromatic N) is 4. The van der Waals surface area contributed by atoms with E-state index >= 15 is 0 Å². The molecule has 3 aromatic rings. The van der Waals surface area contributed by atoms with Crippen molar-refractivity contribution < 1.29 is 13.5 Å². The van der Waals surface area contributed by atoms with Crippen molar-refractivity contribution in [1.82, 2.24) is 19.5 Å². The van der Waals surface area contributed by atoms with Gasteiger partial charge in [-0.25, -0.2) is 15.0 Å². The third-order valence-electron chi connectivity index (χ3n) is 5.09. The van der Waals surface area contributed by atoms with Crippen LogP contribution in [0.2, 0.25) is 0 Å². The molecular weight excluding hydrogens is 406 g/mol. The Morgan fingerprint density at radius 2 is 1.84 bits per heavy atom. The number of aryl methyl sites for hydroxylation is 1. The number of nitrogens with one attached hydrogen (secondary N) is 2. The van der Waals surface area contributed by atoms with E-state index in [1.807, 2.05) is 12.1 Å². The molecule has 2 N–H and O–H groups in total. The highest BCUT2D eigenvalue weighted by atomic mass is 19.3. The smallest absolute Gasteiger partial charge is 0.388 e. The molecule has 0 saturated heterocycles. The summed E-state index contributed by atoms with van der Waals surface area (Å²) >= 11 is 0. The van der Waals surface area contributed by atoms with Crippen molar-refractivity contribution in [2.45, 2.75) is 44.9 Å². The van der Waals surface area contributed by atoms with E-state index in [0.29, 0.717) is 17.2 Å². The summed E-state index contributed by atoms with van der Waals surface area (Å²) in [6, 6.07) is 9.11. The van der Waals surface area contributed by atoms with Crippen LogP contribution in [0, 0.1) is 6.92 Å². The molecule has 0 radical (unpaired) electrons. The van der Waals surface area contributed by atoms with Crippen LogP contribution in [0.4, 0.5) is 20.4 Å². The first-order chi connectivity index (χ1) is 15.0. The van der Waals surface area contributed by atoms with Crippen LogP contribution in [0.15, 0.2) is 53.7 Å². The Hall–Kier alpha value is -3.56. The maximum atomic E-state index is 12.3. The van der Waals surface area contributed by atoms with E-state index < -0.39 is 6.61 Å². The van der Waals surface area contributed by atoms with Crippen molar-refractivity contribution in [3.63, 3.8) is 0 Å². The molecule has 4 rings (SSSR count). The van der Waals surface area contributed by atoms with Crippen LogP contribution in [0.3, 0.4) is 0 Å². The first-order valence-electron chi connectivity index (χ1n) is 9.93. The fourth-order valence-corrected chi connectivity index (χ4v) is 3.66. The van der Waals surface area contributed by atoms with Gasteiger partial charge in [-0.05, 0) is 44.4 Å². The van der Waals surface area contributed by atoms with Crippen molar-refractivity contribution in [3.05, 3.63) is 65.0 Å².